The first-order chi connectivity index (χ1) is 13.7. The van der Waals surface area contributed by atoms with E-state index in [1.807, 2.05) is 36.4 Å². The molecule has 0 spiro atoms. The summed E-state index contributed by atoms with van der Waals surface area (Å²) < 4.78 is 28.4. The van der Waals surface area contributed by atoms with Crippen LogP contribution >= 0.6 is 0 Å². The van der Waals surface area contributed by atoms with Gasteiger partial charge in [0.2, 0.25) is 0 Å². The second-order valence-electron chi connectivity index (χ2n) is 6.68. The Labute approximate surface area is 162 Å². The van der Waals surface area contributed by atoms with Crippen LogP contribution in [0.5, 0.6) is 0 Å². The van der Waals surface area contributed by atoms with Gasteiger partial charge in [0.05, 0.1) is 5.56 Å². The Morgan fingerprint density at radius 2 is 1.61 bits per heavy atom. The molecule has 2 heterocycles. The van der Waals surface area contributed by atoms with Crippen molar-refractivity contribution < 1.29 is 33.6 Å². The summed E-state index contributed by atoms with van der Waals surface area (Å²) in [4.78, 5) is 12.3. The van der Waals surface area contributed by atoms with E-state index in [9.17, 15) is 9.90 Å². The van der Waals surface area contributed by atoms with Crippen molar-refractivity contribution in [1.29, 1.82) is 0 Å². The molecule has 4 rings (SSSR count). The van der Waals surface area contributed by atoms with Gasteiger partial charge >= 0.3 is 5.97 Å². The maximum Gasteiger partial charge on any atom is 0.338 e. The highest BCUT2D eigenvalue weighted by Gasteiger charge is 2.53. The van der Waals surface area contributed by atoms with Gasteiger partial charge in [-0.2, -0.15) is 0 Å². The molecular weight excluding hydrogens is 364 g/mol. The topological polar surface area (TPSA) is 83.5 Å². The summed E-state index contributed by atoms with van der Waals surface area (Å²) in [5.41, 5.74) is 1.28. The third kappa shape index (κ3) is 3.80. The van der Waals surface area contributed by atoms with Gasteiger partial charge in [0.25, 0.3) is 0 Å². The molecule has 2 aromatic carbocycles. The fraction of sp³-hybridized carbons (Fsp3) is 0.381. The van der Waals surface area contributed by atoms with Gasteiger partial charge in [0.1, 0.15) is 31.0 Å². The van der Waals surface area contributed by atoms with Crippen LogP contribution in [0.25, 0.3) is 0 Å². The first-order valence-corrected chi connectivity index (χ1v) is 9.11. The van der Waals surface area contributed by atoms with E-state index in [-0.39, 0.29) is 6.61 Å². The van der Waals surface area contributed by atoms with Crippen LogP contribution in [0.1, 0.15) is 22.2 Å². The highest BCUT2D eigenvalue weighted by atomic mass is 16.8. The molecule has 6 atom stereocenters. The van der Waals surface area contributed by atoms with Gasteiger partial charge in [-0.25, -0.2) is 4.79 Å². The van der Waals surface area contributed by atoms with Crippen LogP contribution in [0.3, 0.4) is 0 Å². The van der Waals surface area contributed by atoms with Gasteiger partial charge < -0.3 is 28.8 Å². The molecule has 148 valence electrons. The van der Waals surface area contributed by atoms with Crippen LogP contribution in [0.4, 0.5) is 0 Å². The maximum absolute atomic E-state index is 12.3. The first-order valence-electron chi connectivity index (χ1n) is 9.11. The number of hydrogen-bond donors (Lipinski definition) is 1. The van der Waals surface area contributed by atoms with Crippen LogP contribution in [0.15, 0.2) is 60.7 Å². The van der Waals surface area contributed by atoms with Crippen molar-refractivity contribution in [1.82, 2.24) is 0 Å². The zero-order valence-electron chi connectivity index (χ0n) is 15.3. The number of aliphatic hydroxyl groups excluding tert-OH is 1. The quantitative estimate of drug-likeness (QED) is 0.788. The number of methoxy groups -OCH3 is 1. The molecule has 1 N–H and O–H groups in total. The van der Waals surface area contributed by atoms with Gasteiger partial charge in [-0.15, -0.1) is 0 Å². The lowest BCUT2D eigenvalue weighted by Crippen LogP contribution is -2.58. The summed E-state index contributed by atoms with van der Waals surface area (Å²) in [6.45, 7) is -0.0493. The molecule has 2 fully saturated rings. The lowest BCUT2D eigenvalue weighted by molar-refractivity contribution is -0.274. The van der Waals surface area contributed by atoms with E-state index in [0.29, 0.717) is 5.56 Å². The Hall–Kier alpha value is -2.29. The predicted molar refractivity (Wildman–Crippen MR) is 97.3 cm³/mol. The Bertz CT molecular complexity index is 782. The number of carbonyl (C=O) groups is 1. The number of aliphatic hydroxyl groups is 1. The number of ether oxygens (including phenoxy) is 5. The molecule has 1 unspecified atom stereocenters. The maximum atomic E-state index is 12.3. The van der Waals surface area contributed by atoms with Gasteiger partial charge in [-0.05, 0) is 12.1 Å². The molecular formula is C21H22O7. The predicted octanol–water partition coefficient (Wildman–Crippen LogP) is 2.06. The van der Waals surface area contributed by atoms with Crippen LogP contribution in [-0.4, -0.2) is 55.5 Å². The van der Waals surface area contributed by atoms with Gasteiger partial charge in [-0.1, -0.05) is 48.5 Å². The van der Waals surface area contributed by atoms with Crippen LogP contribution in [-0.2, 0) is 23.7 Å². The van der Waals surface area contributed by atoms with Crippen molar-refractivity contribution >= 4 is 5.97 Å². The number of carbonyl (C=O) groups excluding carboxylic acids is 1. The summed E-state index contributed by atoms with van der Waals surface area (Å²) in [6, 6.07) is 18.1. The number of fused-ring (bicyclic) bond motifs is 1. The monoisotopic (exact) mass is 386 g/mol. The molecule has 0 saturated carbocycles. The van der Waals surface area contributed by atoms with Crippen molar-refractivity contribution in [3.63, 3.8) is 0 Å². The number of hydrogen-bond acceptors (Lipinski definition) is 7. The van der Waals surface area contributed by atoms with Crippen molar-refractivity contribution in [2.45, 2.75) is 37.0 Å². The first kappa shape index (κ1) is 19.0. The standard InChI is InChI=1S/C21H22O7/c1-24-21-16(22)18-17(27-20(28-18)14-10-6-3-7-11-14)15(26-21)12-25-19(23)13-8-4-2-5-9-13/h2-11,15-18,20-22H,12H2,1H3/t15-,16-,17+,18-,20?,21+/m1/s1. The molecule has 28 heavy (non-hydrogen) atoms. The highest BCUT2D eigenvalue weighted by molar-refractivity contribution is 5.89. The highest BCUT2D eigenvalue weighted by Crippen LogP contribution is 2.39. The Balaban J connectivity index is 1.47. The minimum Gasteiger partial charge on any atom is -0.459 e. The molecule has 0 bridgehead atoms. The van der Waals surface area contributed by atoms with Gasteiger partial charge in [0.15, 0.2) is 12.6 Å². The van der Waals surface area contributed by atoms with E-state index in [4.69, 9.17) is 23.7 Å². The fourth-order valence-corrected chi connectivity index (χ4v) is 3.44. The Morgan fingerprint density at radius 3 is 2.29 bits per heavy atom. The van der Waals surface area contributed by atoms with Crippen molar-refractivity contribution in [3.05, 3.63) is 71.8 Å². The molecule has 2 saturated heterocycles. The van der Waals surface area contributed by atoms with E-state index >= 15 is 0 Å². The summed E-state index contributed by atoms with van der Waals surface area (Å²) >= 11 is 0. The minimum absolute atomic E-state index is 0.0493. The molecule has 0 radical (unpaired) electrons. The van der Waals surface area contributed by atoms with Crippen molar-refractivity contribution in [3.8, 4) is 0 Å². The summed E-state index contributed by atoms with van der Waals surface area (Å²) in [5.74, 6) is -0.459. The minimum atomic E-state index is -1.02. The SMILES string of the molecule is CO[C@H]1O[C@H](COC(=O)c2ccccc2)[C@@H]2OC(c3ccccc3)O[C@@H]2[C@H]1O. The molecule has 0 aromatic heterocycles. The second kappa shape index (κ2) is 8.38. The smallest absolute Gasteiger partial charge is 0.338 e. The van der Waals surface area contributed by atoms with Gasteiger partial charge in [0, 0.05) is 12.7 Å². The average Bonchev–Trinajstić information content (AvgIpc) is 3.20. The molecule has 7 nitrogen and oxygen atoms in total. The van der Waals surface area contributed by atoms with Crippen LogP contribution in [0.2, 0.25) is 0 Å². The lowest BCUT2D eigenvalue weighted by Gasteiger charge is -2.38. The number of rotatable bonds is 5. The Kier molecular flexibility index (Phi) is 5.70. The molecule has 7 heteroatoms. The summed E-state index contributed by atoms with van der Waals surface area (Å²) in [5, 5.41) is 10.5. The molecule has 0 amide bonds. The third-order valence-corrected chi connectivity index (χ3v) is 4.87. The van der Waals surface area contributed by atoms with E-state index < -0.39 is 43.0 Å². The van der Waals surface area contributed by atoms with E-state index in [1.165, 1.54) is 7.11 Å². The zero-order chi connectivity index (χ0) is 19.5. The van der Waals surface area contributed by atoms with E-state index in [1.54, 1.807) is 24.3 Å². The summed E-state index contributed by atoms with van der Waals surface area (Å²) in [7, 11) is 1.44. The summed E-state index contributed by atoms with van der Waals surface area (Å²) in [6.07, 6.45) is -4.47. The normalized spacial score (nSPS) is 31.9. The molecule has 2 aromatic rings. The van der Waals surface area contributed by atoms with Crippen LogP contribution < -0.4 is 0 Å². The van der Waals surface area contributed by atoms with Crippen molar-refractivity contribution in [2.75, 3.05) is 13.7 Å². The molecule has 2 aliphatic heterocycles. The third-order valence-electron chi connectivity index (χ3n) is 4.87. The van der Waals surface area contributed by atoms with Crippen LogP contribution in [0, 0.1) is 0 Å². The molecule has 2 aliphatic rings. The Morgan fingerprint density at radius 1 is 0.964 bits per heavy atom. The van der Waals surface area contributed by atoms with Crippen molar-refractivity contribution in [2.24, 2.45) is 0 Å². The van der Waals surface area contributed by atoms with E-state index in [2.05, 4.69) is 0 Å². The number of esters is 1. The largest absolute Gasteiger partial charge is 0.459 e. The fourth-order valence-electron chi connectivity index (χ4n) is 3.44. The molecule has 0 aliphatic carbocycles. The average molecular weight is 386 g/mol. The second-order valence-corrected chi connectivity index (χ2v) is 6.68. The number of benzene rings is 2. The van der Waals surface area contributed by atoms with Gasteiger partial charge in [-0.3, -0.25) is 0 Å². The zero-order valence-corrected chi connectivity index (χ0v) is 15.3. The van der Waals surface area contributed by atoms with E-state index in [0.717, 1.165) is 5.56 Å². The lowest BCUT2D eigenvalue weighted by atomic mass is 9.99.